The Morgan fingerprint density at radius 2 is 2.13 bits per heavy atom. The Morgan fingerprint density at radius 3 is 2.53 bits per heavy atom. The van der Waals surface area contributed by atoms with Gasteiger partial charge in [0.25, 0.3) is 0 Å². The molecule has 0 rings (SSSR count). The van der Waals surface area contributed by atoms with Crippen molar-refractivity contribution >= 4 is 5.91 Å². The second-order valence-electron chi connectivity index (χ2n) is 3.93. The highest BCUT2D eigenvalue weighted by atomic mass is 16.5. The Morgan fingerprint density at radius 1 is 1.53 bits per heavy atom. The topological polar surface area (TPSA) is 84.6 Å². The van der Waals surface area contributed by atoms with Gasteiger partial charge in [0, 0.05) is 13.7 Å². The summed E-state index contributed by atoms with van der Waals surface area (Å²) < 4.78 is 4.83. The van der Waals surface area contributed by atoms with Crippen molar-refractivity contribution in [2.45, 2.75) is 32.4 Å². The second-order valence-corrected chi connectivity index (χ2v) is 3.93. The summed E-state index contributed by atoms with van der Waals surface area (Å²) >= 11 is 0. The highest BCUT2D eigenvalue weighted by Gasteiger charge is 2.19. The van der Waals surface area contributed by atoms with Crippen molar-refractivity contribution in [3.05, 3.63) is 0 Å². The SMILES string of the molecule is COCCC(N)C(=O)NC(CO)C(C)C. The number of nitrogens with one attached hydrogen (secondary N) is 1. The molecule has 0 saturated heterocycles. The third-order valence-electron chi connectivity index (χ3n) is 2.30. The van der Waals surface area contributed by atoms with Crippen LogP contribution in [-0.4, -0.2) is 43.4 Å². The van der Waals surface area contributed by atoms with Crippen LogP contribution in [0.3, 0.4) is 0 Å². The van der Waals surface area contributed by atoms with E-state index in [1.807, 2.05) is 13.8 Å². The van der Waals surface area contributed by atoms with Gasteiger partial charge >= 0.3 is 0 Å². The number of ether oxygens (including phenoxy) is 1. The van der Waals surface area contributed by atoms with Gasteiger partial charge in [-0.25, -0.2) is 0 Å². The van der Waals surface area contributed by atoms with Crippen LogP contribution in [0.2, 0.25) is 0 Å². The van der Waals surface area contributed by atoms with E-state index in [-0.39, 0.29) is 24.5 Å². The second kappa shape index (κ2) is 7.62. The lowest BCUT2D eigenvalue weighted by molar-refractivity contribution is -0.124. The smallest absolute Gasteiger partial charge is 0.237 e. The summed E-state index contributed by atoms with van der Waals surface area (Å²) in [7, 11) is 1.56. The number of rotatable bonds is 7. The van der Waals surface area contributed by atoms with Crippen LogP contribution in [-0.2, 0) is 9.53 Å². The zero-order valence-corrected chi connectivity index (χ0v) is 9.69. The van der Waals surface area contributed by atoms with Crippen LogP contribution in [0.5, 0.6) is 0 Å². The molecule has 15 heavy (non-hydrogen) atoms. The summed E-state index contributed by atoms with van der Waals surface area (Å²) in [5.74, 6) is -0.0478. The average molecular weight is 218 g/mol. The lowest BCUT2D eigenvalue weighted by atomic mass is 10.0. The Balaban J connectivity index is 3.98. The standard InChI is InChI=1S/C10H22N2O3/c1-7(2)9(6-13)12-10(14)8(11)4-5-15-3/h7-9,13H,4-6,11H2,1-3H3,(H,12,14). The normalized spacial score (nSPS) is 15.1. The summed E-state index contributed by atoms with van der Waals surface area (Å²) in [6.45, 7) is 4.25. The van der Waals surface area contributed by atoms with Gasteiger partial charge in [-0.05, 0) is 12.3 Å². The maximum atomic E-state index is 11.5. The van der Waals surface area contributed by atoms with Gasteiger partial charge in [-0.3, -0.25) is 4.79 Å². The molecule has 5 nitrogen and oxygen atoms in total. The number of methoxy groups -OCH3 is 1. The minimum atomic E-state index is -0.572. The fraction of sp³-hybridized carbons (Fsp3) is 0.900. The quantitative estimate of drug-likeness (QED) is 0.537. The van der Waals surface area contributed by atoms with Gasteiger partial charge in [-0.1, -0.05) is 13.8 Å². The van der Waals surface area contributed by atoms with Gasteiger partial charge in [0.15, 0.2) is 0 Å². The predicted molar refractivity (Wildman–Crippen MR) is 58.3 cm³/mol. The molecule has 0 aliphatic heterocycles. The summed E-state index contributed by atoms with van der Waals surface area (Å²) in [5, 5.41) is 11.7. The molecule has 2 atom stereocenters. The van der Waals surface area contributed by atoms with E-state index in [4.69, 9.17) is 15.6 Å². The number of aliphatic hydroxyl groups excluding tert-OH is 1. The molecule has 0 fully saturated rings. The average Bonchev–Trinajstić information content (AvgIpc) is 2.21. The zero-order valence-electron chi connectivity index (χ0n) is 9.69. The molecule has 0 saturated carbocycles. The van der Waals surface area contributed by atoms with Crippen molar-refractivity contribution in [2.24, 2.45) is 11.7 Å². The third kappa shape index (κ3) is 5.71. The first kappa shape index (κ1) is 14.3. The van der Waals surface area contributed by atoms with Crippen molar-refractivity contribution in [1.82, 2.24) is 5.32 Å². The summed E-state index contributed by atoms with van der Waals surface area (Å²) in [4.78, 5) is 11.5. The number of nitrogens with two attached hydrogens (primary N) is 1. The third-order valence-corrected chi connectivity index (χ3v) is 2.30. The predicted octanol–water partition coefficient (Wildman–Crippen LogP) is -0.517. The van der Waals surface area contributed by atoms with Crippen molar-refractivity contribution in [1.29, 1.82) is 0 Å². The van der Waals surface area contributed by atoms with Gasteiger partial charge in [0.05, 0.1) is 18.7 Å². The van der Waals surface area contributed by atoms with Gasteiger partial charge in [-0.2, -0.15) is 0 Å². The first-order chi connectivity index (χ1) is 7.02. The van der Waals surface area contributed by atoms with E-state index in [2.05, 4.69) is 5.32 Å². The number of aliphatic hydroxyl groups is 1. The lowest BCUT2D eigenvalue weighted by Crippen LogP contribution is -2.49. The number of hydrogen-bond donors (Lipinski definition) is 3. The number of carbonyl (C=O) groups is 1. The molecular formula is C10H22N2O3. The van der Waals surface area contributed by atoms with Gasteiger partial charge in [0.1, 0.15) is 0 Å². The molecule has 0 spiro atoms. The fourth-order valence-corrected chi connectivity index (χ4v) is 1.09. The first-order valence-corrected chi connectivity index (χ1v) is 5.18. The van der Waals surface area contributed by atoms with E-state index in [1.165, 1.54) is 0 Å². The molecule has 0 heterocycles. The molecule has 90 valence electrons. The molecule has 2 unspecified atom stereocenters. The molecule has 0 aliphatic rings. The van der Waals surface area contributed by atoms with Gasteiger partial charge in [0.2, 0.25) is 5.91 Å². The van der Waals surface area contributed by atoms with Crippen molar-refractivity contribution in [3.63, 3.8) is 0 Å². The van der Waals surface area contributed by atoms with Crippen LogP contribution in [0.1, 0.15) is 20.3 Å². The van der Waals surface area contributed by atoms with E-state index in [1.54, 1.807) is 7.11 Å². The molecule has 4 N–H and O–H groups in total. The molecule has 0 aliphatic carbocycles. The first-order valence-electron chi connectivity index (χ1n) is 5.18. The summed E-state index contributed by atoms with van der Waals surface area (Å²) in [6.07, 6.45) is 0.485. The Kier molecular flexibility index (Phi) is 7.29. The maximum absolute atomic E-state index is 11.5. The zero-order chi connectivity index (χ0) is 11.8. The van der Waals surface area contributed by atoms with E-state index in [0.29, 0.717) is 13.0 Å². The van der Waals surface area contributed by atoms with Gasteiger partial charge < -0.3 is 20.9 Å². The maximum Gasteiger partial charge on any atom is 0.237 e. The molecule has 1 amide bonds. The monoisotopic (exact) mass is 218 g/mol. The Bertz CT molecular complexity index is 186. The van der Waals surface area contributed by atoms with Crippen LogP contribution in [0, 0.1) is 5.92 Å². The van der Waals surface area contributed by atoms with E-state index in [9.17, 15) is 4.79 Å². The van der Waals surface area contributed by atoms with Crippen molar-refractivity contribution < 1.29 is 14.6 Å². The van der Waals surface area contributed by atoms with Crippen molar-refractivity contribution in [2.75, 3.05) is 20.3 Å². The Hall–Kier alpha value is -0.650. The number of carbonyl (C=O) groups excluding carboxylic acids is 1. The van der Waals surface area contributed by atoms with Crippen LogP contribution < -0.4 is 11.1 Å². The largest absolute Gasteiger partial charge is 0.394 e. The molecule has 0 radical (unpaired) electrons. The highest BCUT2D eigenvalue weighted by molar-refractivity contribution is 5.81. The van der Waals surface area contributed by atoms with Crippen LogP contribution >= 0.6 is 0 Å². The van der Waals surface area contributed by atoms with Crippen LogP contribution in [0.4, 0.5) is 0 Å². The van der Waals surface area contributed by atoms with Crippen LogP contribution in [0.25, 0.3) is 0 Å². The van der Waals surface area contributed by atoms with Gasteiger partial charge in [-0.15, -0.1) is 0 Å². The minimum absolute atomic E-state index is 0.0690. The molecule has 0 aromatic rings. The van der Waals surface area contributed by atoms with E-state index in [0.717, 1.165) is 0 Å². The molecular weight excluding hydrogens is 196 g/mol. The highest BCUT2D eigenvalue weighted by Crippen LogP contribution is 2.01. The molecule has 0 bridgehead atoms. The van der Waals surface area contributed by atoms with E-state index >= 15 is 0 Å². The number of amides is 1. The van der Waals surface area contributed by atoms with Crippen molar-refractivity contribution in [3.8, 4) is 0 Å². The Labute approximate surface area is 91.0 Å². The van der Waals surface area contributed by atoms with E-state index < -0.39 is 6.04 Å². The lowest BCUT2D eigenvalue weighted by Gasteiger charge is -2.22. The summed E-state index contributed by atoms with van der Waals surface area (Å²) in [5.41, 5.74) is 5.63. The number of hydrogen-bond acceptors (Lipinski definition) is 4. The summed E-state index contributed by atoms with van der Waals surface area (Å²) in [6, 6.07) is -0.802. The minimum Gasteiger partial charge on any atom is -0.394 e. The fourth-order valence-electron chi connectivity index (χ4n) is 1.09. The molecule has 5 heteroatoms. The molecule has 0 aromatic heterocycles. The van der Waals surface area contributed by atoms with Crippen LogP contribution in [0.15, 0.2) is 0 Å². The molecule has 0 aromatic carbocycles.